The molecule has 0 aliphatic heterocycles. The van der Waals surface area contributed by atoms with Crippen LogP contribution in [0.2, 0.25) is 0 Å². The summed E-state index contributed by atoms with van der Waals surface area (Å²) in [6, 6.07) is 5.88. The first-order valence-corrected chi connectivity index (χ1v) is 11.1. The summed E-state index contributed by atoms with van der Waals surface area (Å²) in [7, 11) is 0. The monoisotopic (exact) mass is 399 g/mol. The van der Waals surface area contributed by atoms with Gasteiger partial charge in [-0.1, -0.05) is 40.0 Å². The molecule has 1 aromatic carbocycles. The number of nitrogens with zero attached hydrogens (tertiary/aromatic N) is 4. The number of rotatable bonds is 14. The average molecular weight is 400 g/mol. The molecular formula is C22H33N5S. The quantitative estimate of drug-likeness (QED) is 0.209. The highest BCUT2D eigenvalue weighted by atomic mass is 32.2. The van der Waals surface area contributed by atoms with Crippen LogP contribution in [0.4, 0.5) is 11.4 Å². The van der Waals surface area contributed by atoms with Gasteiger partial charge < -0.3 is 14.6 Å². The highest BCUT2D eigenvalue weighted by Gasteiger charge is 2.13. The summed E-state index contributed by atoms with van der Waals surface area (Å²) in [5.74, 6) is 2.50. The second kappa shape index (κ2) is 14.0. The van der Waals surface area contributed by atoms with Crippen molar-refractivity contribution in [2.24, 2.45) is 17.0 Å². The molecule has 1 atom stereocenters. The zero-order chi connectivity index (χ0) is 20.8. The van der Waals surface area contributed by atoms with Crippen LogP contribution in [-0.4, -0.2) is 31.9 Å². The van der Waals surface area contributed by atoms with E-state index in [0.29, 0.717) is 37.8 Å². The summed E-state index contributed by atoms with van der Waals surface area (Å²) in [5, 5.41) is 3.68. The fraction of sp³-hybridized carbons (Fsp3) is 0.636. The fourth-order valence-electron chi connectivity index (χ4n) is 3.01. The smallest absolute Gasteiger partial charge is 0.231 e. The second-order valence-corrected chi connectivity index (χ2v) is 8.72. The lowest BCUT2D eigenvalue weighted by molar-refractivity contribution is 0.451. The lowest BCUT2D eigenvalue weighted by Crippen LogP contribution is -2.28. The molecule has 0 fully saturated rings. The predicted octanol–water partition coefficient (Wildman–Crippen LogP) is 6.94. The minimum absolute atomic E-state index is 0.416. The number of nitrogens with one attached hydrogen (secondary N) is 1. The summed E-state index contributed by atoms with van der Waals surface area (Å²) in [6.45, 7) is 23.0. The Bertz CT molecular complexity index is 656. The minimum Gasteiger partial charge on any atom is -0.357 e. The van der Waals surface area contributed by atoms with Gasteiger partial charge in [0.15, 0.2) is 0 Å². The largest absolute Gasteiger partial charge is 0.357 e. The zero-order valence-corrected chi connectivity index (χ0v) is 18.3. The van der Waals surface area contributed by atoms with Gasteiger partial charge in [0.05, 0.1) is 18.8 Å². The van der Waals surface area contributed by atoms with Crippen molar-refractivity contribution in [1.82, 2.24) is 0 Å². The van der Waals surface area contributed by atoms with Crippen LogP contribution in [0.1, 0.15) is 46.5 Å². The van der Waals surface area contributed by atoms with E-state index in [4.69, 9.17) is 18.7 Å². The second-order valence-electron chi connectivity index (χ2n) is 7.58. The summed E-state index contributed by atoms with van der Waals surface area (Å²) >= 11 is 1.76. The molecule has 1 rings (SSSR count). The third-order valence-corrected chi connectivity index (χ3v) is 5.82. The average Bonchev–Trinajstić information content (AvgIpc) is 2.68. The van der Waals surface area contributed by atoms with Crippen LogP contribution < -0.4 is 4.90 Å². The summed E-state index contributed by atoms with van der Waals surface area (Å²) < 4.78 is 0. The van der Waals surface area contributed by atoms with Gasteiger partial charge in [-0.05, 0) is 42.2 Å². The lowest BCUT2D eigenvalue weighted by Gasteiger charge is -2.21. The number of thioether (sulfide) groups is 1. The summed E-state index contributed by atoms with van der Waals surface area (Å²) in [6.07, 6.45) is 5.02. The Kier molecular flexibility index (Phi) is 12.0. The van der Waals surface area contributed by atoms with Crippen LogP contribution >= 0.6 is 11.8 Å². The Morgan fingerprint density at radius 3 is 2.32 bits per heavy atom. The van der Waals surface area contributed by atoms with E-state index in [1.165, 1.54) is 19.3 Å². The van der Waals surface area contributed by atoms with Crippen molar-refractivity contribution < 1.29 is 0 Å². The number of hydrogen-bond donors (Lipinski definition) is 1. The molecule has 0 spiro atoms. The first kappa shape index (κ1) is 24.0. The van der Waals surface area contributed by atoms with Gasteiger partial charge in [-0.3, -0.25) is 0 Å². The Morgan fingerprint density at radius 2 is 1.75 bits per heavy atom. The molecule has 28 heavy (non-hydrogen) atoms. The summed E-state index contributed by atoms with van der Waals surface area (Å²) in [4.78, 5) is 9.99. The predicted molar refractivity (Wildman–Crippen MR) is 120 cm³/mol. The number of anilines is 1. The molecule has 0 saturated heterocycles. The SMILES string of the molecule is [C-]#[N+]CCN(CC[N+]#[C-])c1ccc(N=N)c(SCCC(C)CCCC(C)C)c1. The molecule has 0 bridgehead atoms. The van der Waals surface area contributed by atoms with E-state index >= 15 is 0 Å². The van der Waals surface area contributed by atoms with Gasteiger partial charge in [-0.15, -0.1) is 11.8 Å². The van der Waals surface area contributed by atoms with Crippen molar-refractivity contribution >= 4 is 23.1 Å². The van der Waals surface area contributed by atoms with Gasteiger partial charge in [0.25, 0.3) is 0 Å². The van der Waals surface area contributed by atoms with Crippen LogP contribution in [0.5, 0.6) is 0 Å². The minimum atomic E-state index is 0.416. The first-order valence-electron chi connectivity index (χ1n) is 10.1. The Balaban J connectivity index is 2.71. The Labute approximate surface area is 175 Å². The van der Waals surface area contributed by atoms with Crippen molar-refractivity contribution in [1.29, 1.82) is 5.53 Å². The molecule has 0 aromatic heterocycles. The molecule has 152 valence electrons. The van der Waals surface area contributed by atoms with Crippen LogP contribution in [0.3, 0.4) is 0 Å². The maximum atomic E-state index is 7.45. The van der Waals surface area contributed by atoms with Crippen molar-refractivity contribution in [2.45, 2.75) is 51.3 Å². The Hall–Kier alpha value is -2.05. The van der Waals surface area contributed by atoms with Crippen molar-refractivity contribution in [3.63, 3.8) is 0 Å². The highest BCUT2D eigenvalue weighted by Crippen LogP contribution is 2.34. The third kappa shape index (κ3) is 9.24. The van der Waals surface area contributed by atoms with Gasteiger partial charge in [-0.25, -0.2) is 18.7 Å². The van der Waals surface area contributed by atoms with Gasteiger partial charge in [0, 0.05) is 10.6 Å². The van der Waals surface area contributed by atoms with Gasteiger partial charge in [-0.2, -0.15) is 5.11 Å². The number of benzene rings is 1. The van der Waals surface area contributed by atoms with Crippen molar-refractivity contribution in [2.75, 3.05) is 36.8 Å². The lowest BCUT2D eigenvalue weighted by atomic mass is 9.98. The molecule has 0 aliphatic carbocycles. The van der Waals surface area contributed by atoms with Crippen LogP contribution in [0.15, 0.2) is 28.2 Å². The fourth-order valence-corrected chi connectivity index (χ4v) is 4.21. The van der Waals surface area contributed by atoms with Gasteiger partial charge in [0.2, 0.25) is 13.1 Å². The molecule has 0 amide bonds. The van der Waals surface area contributed by atoms with E-state index in [1.807, 2.05) is 12.1 Å². The molecule has 5 nitrogen and oxygen atoms in total. The van der Waals surface area contributed by atoms with E-state index in [9.17, 15) is 0 Å². The molecule has 1 aromatic rings. The third-order valence-electron chi connectivity index (χ3n) is 4.74. The standard InChI is InChI=1S/C22H33N5S/c1-18(2)7-6-8-19(3)11-16-28-22-17-20(9-10-21(22)26-23)27(14-12-24-4)15-13-25-5/h9-10,17-19,23H,6-8,11-16H2,1-3H3. The normalized spacial score (nSPS) is 11.6. The van der Waals surface area contributed by atoms with Crippen LogP contribution in [0, 0.1) is 30.5 Å². The molecule has 0 heterocycles. The van der Waals surface area contributed by atoms with E-state index in [-0.39, 0.29) is 0 Å². The summed E-state index contributed by atoms with van der Waals surface area (Å²) in [5.41, 5.74) is 9.15. The van der Waals surface area contributed by atoms with E-state index in [2.05, 4.69) is 46.5 Å². The van der Waals surface area contributed by atoms with Crippen molar-refractivity contribution in [3.05, 3.63) is 41.0 Å². The molecule has 1 unspecified atom stereocenters. The number of hydrogen-bond acceptors (Lipinski definition) is 4. The van der Waals surface area contributed by atoms with E-state index < -0.39 is 0 Å². The molecule has 0 aliphatic rings. The zero-order valence-electron chi connectivity index (χ0n) is 17.4. The maximum Gasteiger partial charge on any atom is 0.231 e. The molecular weight excluding hydrogens is 366 g/mol. The molecule has 0 saturated carbocycles. The highest BCUT2D eigenvalue weighted by molar-refractivity contribution is 7.99. The van der Waals surface area contributed by atoms with E-state index in [1.54, 1.807) is 11.8 Å². The maximum absolute atomic E-state index is 7.45. The first-order chi connectivity index (χ1) is 13.5. The van der Waals surface area contributed by atoms with Gasteiger partial charge in [0.1, 0.15) is 0 Å². The molecule has 0 radical (unpaired) electrons. The van der Waals surface area contributed by atoms with E-state index in [0.717, 1.165) is 28.7 Å². The van der Waals surface area contributed by atoms with Gasteiger partial charge >= 0.3 is 0 Å². The Morgan fingerprint density at radius 1 is 1.07 bits per heavy atom. The van der Waals surface area contributed by atoms with Crippen molar-refractivity contribution in [3.8, 4) is 0 Å². The molecule has 6 heteroatoms. The molecule has 1 N–H and O–H groups in total. The van der Waals surface area contributed by atoms with Crippen LogP contribution in [0.25, 0.3) is 9.69 Å². The van der Waals surface area contributed by atoms with Crippen LogP contribution in [-0.2, 0) is 0 Å². The topological polar surface area (TPSA) is 48.2 Å².